The van der Waals surface area contributed by atoms with Gasteiger partial charge in [0, 0.05) is 6.04 Å². The molecule has 0 aliphatic heterocycles. The van der Waals surface area contributed by atoms with E-state index in [1.54, 1.807) is 0 Å². The first-order valence-electron chi connectivity index (χ1n) is 5.02. The van der Waals surface area contributed by atoms with Crippen LogP contribution in [-0.2, 0) is 0 Å². The largest absolute Gasteiger partial charge is 0.321 e. The molecule has 1 fully saturated rings. The van der Waals surface area contributed by atoms with Crippen LogP contribution in [0.25, 0.3) is 0 Å². The average Bonchev–Trinajstić information content (AvgIpc) is 2.90. The highest BCUT2D eigenvalue weighted by Gasteiger charge is 2.29. The second-order valence-electron chi connectivity index (χ2n) is 3.84. The van der Waals surface area contributed by atoms with Gasteiger partial charge in [-0.2, -0.15) is 0 Å². The zero-order valence-corrected chi connectivity index (χ0v) is 8.48. The Kier molecular flexibility index (Phi) is 2.37. The van der Waals surface area contributed by atoms with E-state index in [0.717, 1.165) is 18.1 Å². The monoisotopic (exact) mass is 192 g/mol. The second-order valence-corrected chi connectivity index (χ2v) is 3.84. The number of aryl methyl sites for hydroxylation is 1. The lowest BCUT2D eigenvalue weighted by Crippen LogP contribution is -2.16. The molecule has 1 heterocycles. The quantitative estimate of drug-likeness (QED) is 0.735. The summed E-state index contributed by atoms with van der Waals surface area (Å²) in [4.78, 5) is 0. The van der Waals surface area contributed by atoms with E-state index < -0.39 is 0 Å². The molecule has 0 bridgehead atoms. The molecular weight excluding hydrogens is 176 g/mol. The Morgan fingerprint density at radius 2 is 2.36 bits per heavy atom. The van der Waals surface area contributed by atoms with Crippen molar-refractivity contribution in [2.75, 3.05) is 0 Å². The lowest BCUT2D eigenvalue weighted by Gasteiger charge is -2.11. The van der Waals surface area contributed by atoms with Gasteiger partial charge in [-0.3, -0.25) is 0 Å². The summed E-state index contributed by atoms with van der Waals surface area (Å²) in [6.07, 6.45) is 5.04. The maximum absolute atomic E-state index is 5.99. The van der Waals surface area contributed by atoms with Crippen LogP contribution in [0, 0.1) is 6.92 Å². The van der Waals surface area contributed by atoms with E-state index in [2.05, 4.69) is 21.3 Å². The van der Waals surface area contributed by atoms with Crippen molar-refractivity contribution in [3.05, 3.63) is 24.3 Å². The van der Waals surface area contributed by atoms with Gasteiger partial charge in [0.1, 0.15) is 5.82 Å². The third kappa shape index (κ3) is 1.57. The summed E-state index contributed by atoms with van der Waals surface area (Å²) < 4.78 is 2.17. The van der Waals surface area contributed by atoms with Crippen molar-refractivity contribution >= 4 is 0 Å². The summed E-state index contributed by atoms with van der Waals surface area (Å²) in [7, 11) is 0. The number of aromatic nitrogens is 3. The highest BCUT2D eigenvalue weighted by atomic mass is 15.3. The van der Waals surface area contributed by atoms with E-state index in [4.69, 9.17) is 5.73 Å². The van der Waals surface area contributed by atoms with E-state index in [1.807, 2.05) is 13.0 Å². The molecule has 0 spiro atoms. The molecule has 1 aromatic heterocycles. The molecule has 1 unspecified atom stereocenters. The molecule has 76 valence electrons. The predicted octanol–water partition coefficient (Wildman–Crippen LogP) is 1.50. The van der Waals surface area contributed by atoms with E-state index in [-0.39, 0.29) is 6.04 Å². The summed E-state index contributed by atoms with van der Waals surface area (Å²) in [6.45, 7) is 5.67. The first-order valence-corrected chi connectivity index (χ1v) is 5.02. The molecular formula is C10H16N4. The highest BCUT2D eigenvalue weighted by molar-refractivity contribution is 5.06. The van der Waals surface area contributed by atoms with Crippen LogP contribution in [0.15, 0.2) is 12.7 Å². The Bertz CT molecular complexity index is 338. The minimum Gasteiger partial charge on any atom is -0.321 e. The van der Waals surface area contributed by atoms with E-state index in [1.165, 1.54) is 12.8 Å². The van der Waals surface area contributed by atoms with Gasteiger partial charge in [0.25, 0.3) is 0 Å². The standard InChI is InChI=1S/C10H16N4/c1-3-4-9(11)10-13-12-7(2)14(10)8-5-6-8/h3,8-9H,1,4-6,11H2,2H3. The van der Waals surface area contributed by atoms with Gasteiger partial charge in [-0.05, 0) is 26.2 Å². The minimum absolute atomic E-state index is 0.0608. The van der Waals surface area contributed by atoms with Crippen molar-refractivity contribution in [2.24, 2.45) is 5.73 Å². The van der Waals surface area contributed by atoms with Crippen molar-refractivity contribution in [1.29, 1.82) is 0 Å². The van der Waals surface area contributed by atoms with Crippen molar-refractivity contribution in [1.82, 2.24) is 14.8 Å². The zero-order chi connectivity index (χ0) is 10.1. The number of hydrogen-bond donors (Lipinski definition) is 1. The van der Waals surface area contributed by atoms with Gasteiger partial charge in [0.05, 0.1) is 6.04 Å². The SMILES string of the molecule is C=CCC(N)c1nnc(C)n1C1CC1. The fourth-order valence-electron chi connectivity index (χ4n) is 1.71. The molecule has 2 rings (SSSR count). The first-order chi connectivity index (χ1) is 6.74. The Morgan fingerprint density at radius 3 is 2.93 bits per heavy atom. The number of hydrogen-bond acceptors (Lipinski definition) is 3. The lowest BCUT2D eigenvalue weighted by molar-refractivity contribution is 0.590. The molecule has 1 aromatic rings. The lowest BCUT2D eigenvalue weighted by atomic mass is 10.2. The van der Waals surface area contributed by atoms with Gasteiger partial charge < -0.3 is 10.3 Å². The maximum atomic E-state index is 5.99. The number of nitrogens with zero attached hydrogens (tertiary/aromatic N) is 3. The second kappa shape index (κ2) is 3.53. The molecule has 0 radical (unpaired) electrons. The van der Waals surface area contributed by atoms with Crippen LogP contribution in [0.1, 0.15) is 43.0 Å². The Balaban J connectivity index is 2.27. The minimum atomic E-state index is -0.0608. The van der Waals surface area contributed by atoms with Crippen LogP contribution >= 0.6 is 0 Å². The van der Waals surface area contributed by atoms with Gasteiger partial charge in [0.2, 0.25) is 0 Å². The summed E-state index contributed by atoms with van der Waals surface area (Å²) >= 11 is 0. The Labute approximate surface area is 83.8 Å². The summed E-state index contributed by atoms with van der Waals surface area (Å²) in [5.41, 5.74) is 5.99. The molecule has 4 heteroatoms. The van der Waals surface area contributed by atoms with Gasteiger partial charge in [0.15, 0.2) is 5.82 Å². The molecule has 0 saturated heterocycles. The normalized spacial score (nSPS) is 18.1. The fraction of sp³-hybridized carbons (Fsp3) is 0.600. The van der Waals surface area contributed by atoms with Crippen LogP contribution < -0.4 is 5.73 Å². The maximum Gasteiger partial charge on any atom is 0.150 e. The molecule has 1 atom stereocenters. The van der Waals surface area contributed by atoms with Gasteiger partial charge >= 0.3 is 0 Å². The average molecular weight is 192 g/mol. The van der Waals surface area contributed by atoms with Crippen LogP contribution in [0.4, 0.5) is 0 Å². The molecule has 1 aliphatic carbocycles. The van der Waals surface area contributed by atoms with E-state index in [0.29, 0.717) is 6.04 Å². The van der Waals surface area contributed by atoms with Crippen molar-refractivity contribution in [3.8, 4) is 0 Å². The molecule has 1 saturated carbocycles. The van der Waals surface area contributed by atoms with E-state index in [9.17, 15) is 0 Å². The summed E-state index contributed by atoms with van der Waals surface area (Å²) in [5, 5.41) is 8.22. The molecule has 14 heavy (non-hydrogen) atoms. The van der Waals surface area contributed by atoms with Crippen LogP contribution in [0.5, 0.6) is 0 Å². The van der Waals surface area contributed by atoms with Crippen LogP contribution in [0.3, 0.4) is 0 Å². The smallest absolute Gasteiger partial charge is 0.150 e. The van der Waals surface area contributed by atoms with Crippen molar-refractivity contribution < 1.29 is 0 Å². The molecule has 0 amide bonds. The molecule has 0 aromatic carbocycles. The zero-order valence-electron chi connectivity index (χ0n) is 8.48. The van der Waals surface area contributed by atoms with Crippen LogP contribution in [-0.4, -0.2) is 14.8 Å². The van der Waals surface area contributed by atoms with Crippen molar-refractivity contribution in [2.45, 2.75) is 38.3 Å². The third-order valence-electron chi connectivity index (χ3n) is 2.56. The third-order valence-corrected chi connectivity index (χ3v) is 2.56. The Hall–Kier alpha value is -1.16. The fourth-order valence-corrected chi connectivity index (χ4v) is 1.71. The van der Waals surface area contributed by atoms with Gasteiger partial charge in [-0.1, -0.05) is 6.08 Å². The highest BCUT2D eigenvalue weighted by Crippen LogP contribution is 2.37. The molecule has 4 nitrogen and oxygen atoms in total. The Morgan fingerprint density at radius 1 is 1.64 bits per heavy atom. The first kappa shape index (κ1) is 9.40. The van der Waals surface area contributed by atoms with Gasteiger partial charge in [-0.25, -0.2) is 0 Å². The summed E-state index contributed by atoms with van der Waals surface area (Å²) in [6, 6.07) is 0.533. The number of rotatable bonds is 4. The van der Waals surface area contributed by atoms with E-state index >= 15 is 0 Å². The molecule has 2 N–H and O–H groups in total. The summed E-state index contributed by atoms with van der Waals surface area (Å²) in [5.74, 6) is 1.88. The number of nitrogens with two attached hydrogens (primary N) is 1. The van der Waals surface area contributed by atoms with Crippen LogP contribution in [0.2, 0.25) is 0 Å². The van der Waals surface area contributed by atoms with Gasteiger partial charge in [-0.15, -0.1) is 16.8 Å². The molecule has 1 aliphatic rings. The predicted molar refractivity (Wildman–Crippen MR) is 54.8 cm³/mol. The topological polar surface area (TPSA) is 56.7 Å². The van der Waals surface area contributed by atoms with Crippen molar-refractivity contribution in [3.63, 3.8) is 0 Å².